The molecule has 0 aliphatic carbocycles. The number of ether oxygens (including phenoxy) is 1. The SMILES string of the molecule is CCCCCCCOCc1cccc(CNCCC)c1. The van der Waals surface area contributed by atoms with Gasteiger partial charge in [-0.3, -0.25) is 0 Å². The molecule has 0 bridgehead atoms. The van der Waals surface area contributed by atoms with Crippen molar-refractivity contribution in [1.29, 1.82) is 0 Å². The lowest BCUT2D eigenvalue weighted by Gasteiger charge is -2.07. The van der Waals surface area contributed by atoms with Gasteiger partial charge >= 0.3 is 0 Å². The zero-order chi connectivity index (χ0) is 14.5. The van der Waals surface area contributed by atoms with Crippen molar-refractivity contribution in [2.45, 2.75) is 65.5 Å². The summed E-state index contributed by atoms with van der Waals surface area (Å²) in [6.45, 7) is 8.12. The van der Waals surface area contributed by atoms with E-state index in [1.165, 1.54) is 49.7 Å². The lowest BCUT2D eigenvalue weighted by atomic mass is 10.1. The Hall–Kier alpha value is -0.860. The molecular weight excluding hydrogens is 246 g/mol. The molecule has 1 aromatic rings. The van der Waals surface area contributed by atoms with Gasteiger partial charge in [0.2, 0.25) is 0 Å². The molecular formula is C18H31NO. The fourth-order valence-electron chi connectivity index (χ4n) is 2.24. The molecule has 0 spiro atoms. The van der Waals surface area contributed by atoms with E-state index >= 15 is 0 Å². The van der Waals surface area contributed by atoms with Crippen molar-refractivity contribution >= 4 is 0 Å². The highest BCUT2D eigenvalue weighted by molar-refractivity contribution is 5.22. The average Bonchev–Trinajstić information content (AvgIpc) is 2.47. The third-order valence-electron chi connectivity index (χ3n) is 3.41. The maximum Gasteiger partial charge on any atom is 0.0716 e. The Morgan fingerprint density at radius 2 is 1.75 bits per heavy atom. The van der Waals surface area contributed by atoms with Crippen LogP contribution in [0.2, 0.25) is 0 Å². The van der Waals surface area contributed by atoms with Gasteiger partial charge in [-0.1, -0.05) is 63.8 Å². The predicted molar refractivity (Wildman–Crippen MR) is 86.9 cm³/mol. The fraction of sp³-hybridized carbons (Fsp3) is 0.667. The van der Waals surface area contributed by atoms with Crippen LogP contribution in [0.1, 0.15) is 63.5 Å². The molecule has 2 heteroatoms. The van der Waals surface area contributed by atoms with Gasteiger partial charge in [-0.2, -0.15) is 0 Å². The van der Waals surface area contributed by atoms with Crippen LogP contribution >= 0.6 is 0 Å². The summed E-state index contributed by atoms with van der Waals surface area (Å²) in [5.74, 6) is 0. The van der Waals surface area contributed by atoms with Gasteiger partial charge in [0.15, 0.2) is 0 Å². The van der Waals surface area contributed by atoms with Crippen molar-refractivity contribution in [2.24, 2.45) is 0 Å². The van der Waals surface area contributed by atoms with Crippen LogP contribution in [0.25, 0.3) is 0 Å². The van der Waals surface area contributed by atoms with Crippen molar-refractivity contribution < 1.29 is 4.74 Å². The van der Waals surface area contributed by atoms with E-state index in [9.17, 15) is 0 Å². The summed E-state index contributed by atoms with van der Waals surface area (Å²) in [5, 5.41) is 3.43. The van der Waals surface area contributed by atoms with E-state index in [0.29, 0.717) is 0 Å². The van der Waals surface area contributed by atoms with Crippen molar-refractivity contribution in [1.82, 2.24) is 5.32 Å². The molecule has 0 amide bonds. The van der Waals surface area contributed by atoms with Crippen molar-refractivity contribution in [2.75, 3.05) is 13.2 Å². The highest BCUT2D eigenvalue weighted by atomic mass is 16.5. The lowest BCUT2D eigenvalue weighted by molar-refractivity contribution is 0.116. The molecule has 1 aromatic carbocycles. The molecule has 114 valence electrons. The largest absolute Gasteiger partial charge is 0.377 e. The van der Waals surface area contributed by atoms with Gasteiger partial charge in [-0.05, 0) is 30.5 Å². The van der Waals surface area contributed by atoms with Crippen LogP contribution < -0.4 is 5.32 Å². The number of unbranched alkanes of at least 4 members (excludes halogenated alkanes) is 4. The van der Waals surface area contributed by atoms with Crippen molar-refractivity contribution in [3.63, 3.8) is 0 Å². The maximum absolute atomic E-state index is 5.76. The van der Waals surface area contributed by atoms with E-state index < -0.39 is 0 Å². The van der Waals surface area contributed by atoms with E-state index in [1.807, 2.05) is 0 Å². The van der Waals surface area contributed by atoms with Gasteiger partial charge in [0, 0.05) is 13.2 Å². The molecule has 0 radical (unpaired) electrons. The van der Waals surface area contributed by atoms with Crippen LogP contribution in [0, 0.1) is 0 Å². The Kier molecular flexibility index (Phi) is 10.3. The van der Waals surface area contributed by atoms with Gasteiger partial charge in [-0.25, -0.2) is 0 Å². The zero-order valence-electron chi connectivity index (χ0n) is 13.3. The van der Waals surface area contributed by atoms with Gasteiger partial charge in [0.25, 0.3) is 0 Å². The molecule has 1 N–H and O–H groups in total. The first-order valence-corrected chi connectivity index (χ1v) is 8.23. The molecule has 0 unspecified atom stereocenters. The molecule has 0 atom stereocenters. The normalized spacial score (nSPS) is 10.9. The van der Waals surface area contributed by atoms with E-state index in [1.54, 1.807) is 0 Å². The van der Waals surface area contributed by atoms with Gasteiger partial charge in [-0.15, -0.1) is 0 Å². The monoisotopic (exact) mass is 277 g/mol. The zero-order valence-corrected chi connectivity index (χ0v) is 13.3. The van der Waals surface area contributed by atoms with Gasteiger partial charge in [0.05, 0.1) is 6.61 Å². The van der Waals surface area contributed by atoms with Gasteiger partial charge < -0.3 is 10.1 Å². The van der Waals surface area contributed by atoms with E-state index in [4.69, 9.17) is 4.74 Å². The summed E-state index contributed by atoms with van der Waals surface area (Å²) in [6, 6.07) is 8.71. The van der Waals surface area contributed by atoms with Crippen molar-refractivity contribution in [3.8, 4) is 0 Å². The minimum absolute atomic E-state index is 0.745. The molecule has 2 nitrogen and oxygen atoms in total. The quantitative estimate of drug-likeness (QED) is 0.560. The molecule has 0 aliphatic heterocycles. The fourth-order valence-corrected chi connectivity index (χ4v) is 2.24. The molecule has 0 saturated carbocycles. The summed E-state index contributed by atoms with van der Waals surface area (Å²) in [5.41, 5.74) is 2.64. The Labute approximate surface area is 124 Å². The first-order valence-electron chi connectivity index (χ1n) is 8.23. The topological polar surface area (TPSA) is 21.3 Å². The highest BCUT2D eigenvalue weighted by Gasteiger charge is 1.97. The first-order chi connectivity index (χ1) is 9.86. The van der Waals surface area contributed by atoms with Crippen LogP contribution in [-0.4, -0.2) is 13.2 Å². The third kappa shape index (κ3) is 8.34. The minimum atomic E-state index is 0.745. The summed E-state index contributed by atoms with van der Waals surface area (Å²) in [6.07, 6.45) is 7.68. The number of hydrogen-bond donors (Lipinski definition) is 1. The Morgan fingerprint density at radius 3 is 2.55 bits per heavy atom. The number of nitrogens with one attached hydrogen (secondary N) is 1. The Morgan fingerprint density at radius 1 is 0.950 bits per heavy atom. The van der Waals surface area contributed by atoms with Crippen LogP contribution in [0.3, 0.4) is 0 Å². The molecule has 1 rings (SSSR count). The number of benzene rings is 1. The predicted octanol–water partition coefficient (Wildman–Crippen LogP) is 4.67. The van der Waals surface area contributed by atoms with E-state index in [0.717, 1.165) is 26.3 Å². The van der Waals surface area contributed by atoms with E-state index in [-0.39, 0.29) is 0 Å². The number of hydrogen-bond acceptors (Lipinski definition) is 2. The summed E-state index contributed by atoms with van der Waals surface area (Å²) in [4.78, 5) is 0. The average molecular weight is 277 g/mol. The minimum Gasteiger partial charge on any atom is -0.377 e. The van der Waals surface area contributed by atoms with Crippen LogP contribution in [0.4, 0.5) is 0 Å². The first kappa shape index (κ1) is 17.2. The maximum atomic E-state index is 5.76. The van der Waals surface area contributed by atoms with E-state index in [2.05, 4.69) is 43.4 Å². The van der Waals surface area contributed by atoms with Crippen LogP contribution in [-0.2, 0) is 17.9 Å². The lowest BCUT2D eigenvalue weighted by Crippen LogP contribution is -2.13. The second-order valence-corrected chi connectivity index (χ2v) is 5.46. The molecule has 0 heterocycles. The number of rotatable bonds is 12. The standard InChI is InChI=1S/C18H31NO/c1-3-5-6-7-8-13-20-16-18-11-9-10-17(14-18)15-19-12-4-2/h9-11,14,19H,3-8,12-13,15-16H2,1-2H3. The smallest absolute Gasteiger partial charge is 0.0716 e. The molecule has 0 saturated heterocycles. The third-order valence-corrected chi connectivity index (χ3v) is 3.41. The summed E-state index contributed by atoms with van der Waals surface area (Å²) in [7, 11) is 0. The summed E-state index contributed by atoms with van der Waals surface area (Å²) >= 11 is 0. The second-order valence-electron chi connectivity index (χ2n) is 5.46. The highest BCUT2D eigenvalue weighted by Crippen LogP contribution is 2.08. The Bertz CT molecular complexity index is 338. The van der Waals surface area contributed by atoms with Crippen molar-refractivity contribution in [3.05, 3.63) is 35.4 Å². The Balaban J connectivity index is 2.14. The molecule has 0 fully saturated rings. The summed E-state index contributed by atoms with van der Waals surface area (Å²) < 4.78 is 5.76. The molecule has 20 heavy (non-hydrogen) atoms. The second kappa shape index (κ2) is 11.9. The molecule has 0 aliphatic rings. The van der Waals surface area contributed by atoms with Crippen LogP contribution in [0.5, 0.6) is 0 Å². The van der Waals surface area contributed by atoms with Crippen LogP contribution in [0.15, 0.2) is 24.3 Å². The van der Waals surface area contributed by atoms with Gasteiger partial charge in [0.1, 0.15) is 0 Å². The molecule has 0 aromatic heterocycles.